The minimum Gasteiger partial charge on any atom is -0.378 e. The second kappa shape index (κ2) is 16.9. The fraction of sp³-hybridized carbons (Fsp3) is 0.250. The number of hydrogen-bond acceptors (Lipinski definition) is 12. The highest BCUT2D eigenvalue weighted by atomic mass is 127. The molecular formula is C40H42IN11O4S. The van der Waals surface area contributed by atoms with E-state index in [2.05, 4.69) is 104 Å². The van der Waals surface area contributed by atoms with Gasteiger partial charge in [-0.05, 0) is 88.8 Å². The molecule has 4 N–H and O–H groups in total. The van der Waals surface area contributed by atoms with E-state index in [0.717, 1.165) is 107 Å². The fourth-order valence-electron chi connectivity index (χ4n) is 6.71. The predicted molar refractivity (Wildman–Crippen MR) is 235 cm³/mol. The molecule has 0 radical (unpaired) electrons. The maximum Gasteiger partial charge on any atom is 0.229 e. The van der Waals surface area contributed by atoms with E-state index in [-0.39, 0.29) is 0 Å². The number of aromatic nitrogens is 6. The van der Waals surface area contributed by atoms with Crippen LogP contribution >= 0.6 is 22.6 Å². The number of morpholine rings is 2. The van der Waals surface area contributed by atoms with E-state index in [1.165, 1.54) is 11.4 Å². The summed E-state index contributed by atoms with van der Waals surface area (Å²) >= 11 is 2.26. The molecule has 2 saturated heterocycles. The number of hydrogen-bond donors (Lipinski definition) is 4. The molecule has 0 saturated carbocycles. The van der Waals surface area contributed by atoms with Crippen LogP contribution in [0.4, 0.5) is 40.3 Å². The molecule has 17 heteroatoms. The predicted octanol–water partition coefficient (Wildman–Crippen LogP) is 6.73. The molecule has 2 aliphatic heterocycles. The summed E-state index contributed by atoms with van der Waals surface area (Å²) in [5.41, 5.74) is 10.3. The highest BCUT2D eigenvalue weighted by molar-refractivity contribution is 14.1. The highest BCUT2D eigenvalue weighted by Crippen LogP contribution is 2.31. The molecule has 3 aromatic carbocycles. The van der Waals surface area contributed by atoms with Crippen molar-refractivity contribution >= 4 is 95.0 Å². The van der Waals surface area contributed by atoms with Gasteiger partial charge in [-0.15, -0.1) is 0 Å². The van der Waals surface area contributed by atoms with Crippen LogP contribution in [0.25, 0.3) is 33.2 Å². The van der Waals surface area contributed by atoms with E-state index in [1.54, 1.807) is 24.5 Å². The Labute approximate surface area is 344 Å². The topological polar surface area (TPSA) is 167 Å². The molecule has 0 unspecified atom stereocenters. The highest BCUT2D eigenvalue weighted by Gasteiger charge is 2.15. The number of aromatic amines is 1. The first-order valence-electron chi connectivity index (χ1n) is 18.4. The summed E-state index contributed by atoms with van der Waals surface area (Å²) in [6.07, 6.45) is 8.66. The summed E-state index contributed by atoms with van der Waals surface area (Å²) in [6.45, 7) is 6.78. The van der Waals surface area contributed by atoms with Crippen molar-refractivity contribution in [2.45, 2.75) is 0 Å². The Morgan fingerprint density at radius 2 is 1.21 bits per heavy atom. The van der Waals surface area contributed by atoms with Crippen molar-refractivity contribution in [1.29, 1.82) is 0 Å². The van der Waals surface area contributed by atoms with E-state index in [0.29, 0.717) is 17.6 Å². The average molecular weight is 900 g/mol. The molecule has 0 spiro atoms. The Bertz CT molecular complexity index is 2570. The number of halogens is 1. The standard InChI is InChI=1S/C24H26N6O3S.C16H16IN5O/c1-29-16-21(17-3-5-19(6-4-17)28-34(2,31)32)23-22(29)15-25-24(27-23)26-18-7-9-20(10-8-18)30-11-13-33-14-12-30;17-13-9-18-14-10-19-16(21-15(13)14)20-11-1-3-12(4-2-11)22-5-7-23-8-6-22/h3-10,15-16,28H,11-14H2,1-2H3,(H,25,26,27);1-4,9-10,18H,5-8H2,(H,19,20,21). The molecule has 6 heterocycles. The van der Waals surface area contributed by atoms with Gasteiger partial charge in [0, 0.05) is 79.6 Å². The van der Waals surface area contributed by atoms with Crippen LogP contribution in [0.5, 0.6) is 0 Å². The van der Waals surface area contributed by atoms with Crippen molar-refractivity contribution < 1.29 is 17.9 Å². The van der Waals surface area contributed by atoms with Gasteiger partial charge >= 0.3 is 0 Å². The molecule has 0 atom stereocenters. The summed E-state index contributed by atoms with van der Waals surface area (Å²) in [6, 6.07) is 23.8. The molecule has 7 aromatic rings. The zero-order valence-electron chi connectivity index (χ0n) is 31.4. The lowest BCUT2D eigenvalue weighted by Gasteiger charge is -2.28. The normalized spacial score (nSPS) is 14.6. The van der Waals surface area contributed by atoms with Crippen molar-refractivity contribution in [2.24, 2.45) is 7.05 Å². The number of rotatable bonds is 9. The number of fused-ring (bicyclic) bond motifs is 2. The molecule has 4 aromatic heterocycles. The number of aryl methyl sites for hydroxylation is 1. The second-order valence-corrected chi connectivity index (χ2v) is 16.6. The van der Waals surface area contributed by atoms with Crippen LogP contribution in [0, 0.1) is 3.57 Å². The summed E-state index contributed by atoms with van der Waals surface area (Å²) in [7, 11) is -1.37. The monoisotopic (exact) mass is 899 g/mol. The van der Waals surface area contributed by atoms with Crippen LogP contribution in [0.2, 0.25) is 0 Å². The maximum absolute atomic E-state index is 11.5. The third-order valence-corrected chi connectivity index (χ3v) is 11.0. The van der Waals surface area contributed by atoms with Gasteiger partial charge in [0.25, 0.3) is 0 Å². The van der Waals surface area contributed by atoms with Gasteiger partial charge in [0.15, 0.2) is 0 Å². The summed E-state index contributed by atoms with van der Waals surface area (Å²) in [4.78, 5) is 26.0. The molecule has 0 bridgehead atoms. The summed E-state index contributed by atoms with van der Waals surface area (Å²) in [5, 5.41) is 6.56. The van der Waals surface area contributed by atoms with Gasteiger partial charge in [-0.1, -0.05) is 12.1 Å². The quantitative estimate of drug-likeness (QED) is 0.113. The van der Waals surface area contributed by atoms with Gasteiger partial charge in [-0.25, -0.2) is 28.4 Å². The van der Waals surface area contributed by atoms with Crippen LogP contribution in [-0.2, 0) is 26.5 Å². The molecular weight excluding hydrogens is 857 g/mol. The second-order valence-electron chi connectivity index (χ2n) is 13.7. The number of ether oxygens (including phenoxy) is 2. The van der Waals surface area contributed by atoms with Gasteiger partial charge in [-0.2, -0.15) is 0 Å². The Hall–Kier alpha value is -5.50. The number of benzene rings is 3. The van der Waals surface area contributed by atoms with Gasteiger partial charge in [0.05, 0.1) is 59.7 Å². The maximum atomic E-state index is 11.5. The first kappa shape index (κ1) is 38.4. The number of nitrogens with one attached hydrogen (secondary N) is 4. The fourth-order valence-corrected chi connectivity index (χ4v) is 7.84. The van der Waals surface area contributed by atoms with Gasteiger partial charge in [0.1, 0.15) is 11.0 Å². The Balaban J connectivity index is 0.000000172. The van der Waals surface area contributed by atoms with E-state index < -0.39 is 10.0 Å². The molecule has 0 aliphatic carbocycles. The van der Waals surface area contributed by atoms with Crippen LogP contribution in [0.1, 0.15) is 0 Å². The molecule has 2 aliphatic rings. The third-order valence-electron chi connectivity index (χ3n) is 9.60. The smallest absolute Gasteiger partial charge is 0.229 e. The molecule has 294 valence electrons. The van der Waals surface area contributed by atoms with Crippen LogP contribution < -0.4 is 25.2 Å². The van der Waals surface area contributed by atoms with Crippen LogP contribution in [-0.4, -0.2) is 96.8 Å². The van der Waals surface area contributed by atoms with Crippen molar-refractivity contribution in [3.05, 3.63) is 101 Å². The number of nitrogens with zero attached hydrogens (tertiary/aromatic N) is 7. The molecule has 15 nitrogen and oxygen atoms in total. The lowest BCUT2D eigenvalue weighted by molar-refractivity contribution is 0.122. The zero-order chi connectivity index (χ0) is 39.4. The van der Waals surface area contributed by atoms with Crippen LogP contribution in [0.3, 0.4) is 0 Å². The molecule has 2 fully saturated rings. The first-order chi connectivity index (χ1) is 27.6. The van der Waals surface area contributed by atoms with E-state index >= 15 is 0 Å². The van der Waals surface area contributed by atoms with E-state index in [4.69, 9.17) is 14.5 Å². The average Bonchev–Trinajstić information content (AvgIpc) is 3.77. The summed E-state index contributed by atoms with van der Waals surface area (Å²) in [5.74, 6) is 1.11. The Morgan fingerprint density at radius 3 is 1.75 bits per heavy atom. The van der Waals surface area contributed by atoms with Gasteiger partial charge in [0.2, 0.25) is 21.9 Å². The zero-order valence-corrected chi connectivity index (χ0v) is 34.4. The molecule has 0 amide bonds. The van der Waals surface area contributed by atoms with E-state index in [9.17, 15) is 8.42 Å². The number of anilines is 7. The Kier molecular flexibility index (Phi) is 11.4. The van der Waals surface area contributed by atoms with Crippen molar-refractivity contribution in [2.75, 3.05) is 84.0 Å². The van der Waals surface area contributed by atoms with Crippen molar-refractivity contribution in [1.82, 2.24) is 29.5 Å². The molecule has 9 rings (SSSR count). The van der Waals surface area contributed by atoms with Crippen molar-refractivity contribution in [3.63, 3.8) is 0 Å². The molecule has 57 heavy (non-hydrogen) atoms. The number of H-pyrrole nitrogens is 1. The minimum absolute atomic E-state index is 0.509. The van der Waals surface area contributed by atoms with Crippen LogP contribution in [0.15, 0.2) is 97.6 Å². The first-order valence-corrected chi connectivity index (χ1v) is 21.4. The Morgan fingerprint density at radius 1 is 0.702 bits per heavy atom. The lowest BCUT2D eigenvalue weighted by atomic mass is 10.1. The SMILES string of the molecule is Cn1cc(-c2ccc(NS(C)(=O)=O)cc2)c2nc(Nc3ccc(N4CCOCC4)cc3)ncc21.Ic1c[nH]c2cnc(Nc3ccc(N4CCOCC4)cc3)nc12. The van der Waals surface area contributed by atoms with Gasteiger partial charge in [-0.3, -0.25) is 4.72 Å². The van der Waals surface area contributed by atoms with E-state index in [1.807, 2.05) is 48.3 Å². The minimum atomic E-state index is -3.32. The summed E-state index contributed by atoms with van der Waals surface area (Å²) < 4.78 is 39.3. The number of sulfonamides is 1. The lowest BCUT2D eigenvalue weighted by Crippen LogP contribution is -2.36. The van der Waals surface area contributed by atoms with Crippen molar-refractivity contribution in [3.8, 4) is 11.1 Å². The third kappa shape index (κ3) is 9.39. The largest absolute Gasteiger partial charge is 0.378 e. The van der Waals surface area contributed by atoms with Gasteiger partial charge < -0.3 is 39.5 Å².